The molecule has 0 aliphatic rings. The van der Waals surface area contributed by atoms with Gasteiger partial charge in [-0.3, -0.25) is 4.98 Å². The number of nitrogens with one attached hydrogen (secondary N) is 1. The first-order chi connectivity index (χ1) is 7.77. The van der Waals surface area contributed by atoms with E-state index < -0.39 is 0 Å². The first-order valence-corrected chi connectivity index (χ1v) is 5.45. The van der Waals surface area contributed by atoms with Crippen LogP contribution >= 0.6 is 15.9 Å². The zero-order chi connectivity index (χ0) is 11.4. The molecule has 2 aromatic heterocycles. The molecule has 0 bridgehead atoms. The molecule has 0 amide bonds. The fraction of sp³-hybridized carbons (Fsp3) is 0.100. The lowest BCUT2D eigenvalue weighted by atomic mass is 10.3. The fourth-order valence-electron chi connectivity index (χ4n) is 1.20. The van der Waals surface area contributed by atoms with Gasteiger partial charge in [-0.15, -0.1) is 0 Å². The third-order valence-electron chi connectivity index (χ3n) is 2.00. The molecule has 2 rings (SSSR count). The van der Waals surface area contributed by atoms with Crippen LogP contribution in [-0.4, -0.2) is 15.0 Å². The van der Waals surface area contributed by atoms with Crippen LogP contribution in [0.4, 0.5) is 11.6 Å². The van der Waals surface area contributed by atoms with Crippen molar-refractivity contribution in [1.29, 1.82) is 0 Å². The van der Waals surface area contributed by atoms with Gasteiger partial charge in [-0.1, -0.05) is 6.07 Å². The molecule has 0 saturated heterocycles. The SMILES string of the molecule is Nc1ncnc(NCc2cccnc2)c1Br. The number of nitrogen functional groups attached to an aromatic ring is 1. The zero-order valence-corrected chi connectivity index (χ0v) is 9.98. The predicted octanol–water partition coefficient (Wildman–Crippen LogP) is 1.83. The first kappa shape index (κ1) is 10.8. The van der Waals surface area contributed by atoms with Gasteiger partial charge in [0.2, 0.25) is 0 Å². The van der Waals surface area contributed by atoms with Crippen LogP contribution in [0.3, 0.4) is 0 Å². The second kappa shape index (κ2) is 4.89. The maximum absolute atomic E-state index is 5.64. The molecular weight excluding hydrogens is 270 g/mol. The van der Waals surface area contributed by atoms with Crippen molar-refractivity contribution in [3.63, 3.8) is 0 Å². The van der Waals surface area contributed by atoms with E-state index in [1.54, 1.807) is 12.4 Å². The molecule has 0 radical (unpaired) electrons. The summed E-state index contributed by atoms with van der Waals surface area (Å²) in [5, 5.41) is 3.15. The van der Waals surface area contributed by atoms with Crippen molar-refractivity contribution in [3.05, 3.63) is 40.9 Å². The number of rotatable bonds is 3. The lowest BCUT2D eigenvalue weighted by Gasteiger charge is -2.07. The second-order valence-electron chi connectivity index (χ2n) is 3.14. The van der Waals surface area contributed by atoms with Gasteiger partial charge in [-0.2, -0.15) is 0 Å². The van der Waals surface area contributed by atoms with Crippen LogP contribution in [0, 0.1) is 0 Å². The molecule has 0 fully saturated rings. The van der Waals surface area contributed by atoms with E-state index in [0.717, 1.165) is 5.56 Å². The van der Waals surface area contributed by atoms with Crippen LogP contribution in [0.25, 0.3) is 0 Å². The largest absolute Gasteiger partial charge is 0.383 e. The monoisotopic (exact) mass is 279 g/mol. The van der Waals surface area contributed by atoms with Crippen LogP contribution in [0.2, 0.25) is 0 Å². The fourth-order valence-corrected chi connectivity index (χ4v) is 1.54. The Balaban J connectivity index is 2.08. The van der Waals surface area contributed by atoms with Crippen molar-refractivity contribution < 1.29 is 0 Å². The number of hydrogen-bond donors (Lipinski definition) is 2. The molecule has 0 unspecified atom stereocenters. The van der Waals surface area contributed by atoms with Gasteiger partial charge < -0.3 is 11.1 Å². The molecule has 0 spiro atoms. The highest BCUT2D eigenvalue weighted by Gasteiger charge is 2.04. The van der Waals surface area contributed by atoms with E-state index in [4.69, 9.17) is 5.73 Å². The van der Waals surface area contributed by atoms with Gasteiger partial charge in [0.1, 0.15) is 22.4 Å². The molecule has 0 aromatic carbocycles. The van der Waals surface area contributed by atoms with Gasteiger partial charge in [0.15, 0.2) is 0 Å². The smallest absolute Gasteiger partial charge is 0.146 e. The Labute approximate surface area is 101 Å². The number of aromatic nitrogens is 3. The summed E-state index contributed by atoms with van der Waals surface area (Å²) in [6, 6.07) is 3.87. The van der Waals surface area contributed by atoms with Gasteiger partial charge in [-0.25, -0.2) is 9.97 Å². The molecule has 5 nitrogen and oxygen atoms in total. The summed E-state index contributed by atoms with van der Waals surface area (Å²) >= 11 is 3.33. The molecule has 2 heterocycles. The van der Waals surface area contributed by atoms with Crippen molar-refractivity contribution in [2.75, 3.05) is 11.1 Å². The lowest BCUT2D eigenvalue weighted by Crippen LogP contribution is -2.04. The highest BCUT2D eigenvalue weighted by atomic mass is 79.9. The third-order valence-corrected chi connectivity index (χ3v) is 2.78. The zero-order valence-electron chi connectivity index (χ0n) is 8.39. The predicted molar refractivity (Wildman–Crippen MR) is 65.7 cm³/mol. The Morgan fingerprint density at radius 1 is 1.38 bits per heavy atom. The Morgan fingerprint density at radius 3 is 3.00 bits per heavy atom. The summed E-state index contributed by atoms with van der Waals surface area (Å²) < 4.78 is 0.680. The summed E-state index contributed by atoms with van der Waals surface area (Å²) in [7, 11) is 0. The topological polar surface area (TPSA) is 76.7 Å². The van der Waals surface area contributed by atoms with Crippen molar-refractivity contribution in [2.24, 2.45) is 0 Å². The van der Waals surface area contributed by atoms with E-state index in [1.165, 1.54) is 6.33 Å². The molecule has 0 saturated carbocycles. The number of nitrogens with zero attached hydrogens (tertiary/aromatic N) is 3. The van der Waals surface area contributed by atoms with Crippen LogP contribution in [0.1, 0.15) is 5.56 Å². The summed E-state index contributed by atoms with van der Waals surface area (Å²) in [6.45, 7) is 0.642. The van der Waals surface area contributed by atoms with Gasteiger partial charge in [-0.05, 0) is 27.6 Å². The number of hydrogen-bond acceptors (Lipinski definition) is 5. The average Bonchev–Trinajstić information content (AvgIpc) is 2.32. The number of nitrogens with two attached hydrogens (primary N) is 1. The van der Waals surface area contributed by atoms with Crippen molar-refractivity contribution >= 4 is 27.6 Å². The van der Waals surface area contributed by atoms with Crippen molar-refractivity contribution in [1.82, 2.24) is 15.0 Å². The van der Waals surface area contributed by atoms with E-state index in [2.05, 4.69) is 36.2 Å². The van der Waals surface area contributed by atoms with Crippen molar-refractivity contribution in [3.8, 4) is 0 Å². The van der Waals surface area contributed by atoms with Gasteiger partial charge in [0.25, 0.3) is 0 Å². The molecule has 3 N–H and O–H groups in total. The maximum Gasteiger partial charge on any atom is 0.146 e. The molecule has 2 aromatic rings. The van der Waals surface area contributed by atoms with E-state index >= 15 is 0 Å². The minimum Gasteiger partial charge on any atom is -0.383 e. The highest BCUT2D eigenvalue weighted by molar-refractivity contribution is 9.10. The third kappa shape index (κ3) is 2.46. The molecular formula is C10H10BrN5. The Hall–Kier alpha value is -1.69. The quantitative estimate of drug-likeness (QED) is 0.897. The van der Waals surface area contributed by atoms with Crippen molar-refractivity contribution in [2.45, 2.75) is 6.54 Å². The number of pyridine rings is 1. The standard InChI is InChI=1S/C10H10BrN5/c11-8-9(12)15-6-16-10(8)14-5-7-2-1-3-13-4-7/h1-4,6H,5H2,(H3,12,14,15,16). The van der Waals surface area contributed by atoms with Gasteiger partial charge >= 0.3 is 0 Å². The molecule has 0 aliphatic heterocycles. The maximum atomic E-state index is 5.64. The van der Waals surface area contributed by atoms with Crippen LogP contribution in [-0.2, 0) is 6.54 Å². The Bertz CT molecular complexity index is 474. The van der Waals surface area contributed by atoms with Crippen LogP contribution < -0.4 is 11.1 Å². The van der Waals surface area contributed by atoms with E-state index in [9.17, 15) is 0 Å². The molecule has 0 aliphatic carbocycles. The number of anilines is 2. The summed E-state index contributed by atoms with van der Waals surface area (Å²) in [6.07, 6.45) is 4.96. The van der Waals surface area contributed by atoms with E-state index in [0.29, 0.717) is 22.7 Å². The Morgan fingerprint density at radius 2 is 2.25 bits per heavy atom. The number of halogens is 1. The Kier molecular flexibility index (Phi) is 3.31. The second-order valence-corrected chi connectivity index (χ2v) is 3.93. The molecule has 6 heteroatoms. The lowest BCUT2D eigenvalue weighted by molar-refractivity contribution is 1.06. The first-order valence-electron chi connectivity index (χ1n) is 4.66. The average molecular weight is 280 g/mol. The molecule has 16 heavy (non-hydrogen) atoms. The summed E-state index contributed by atoms with van der Waals surface area (Å²) in [4.78, 5) is 12.0. The summed E-state index contributed by atoms with van der Waals surface area (Å²) in [5.74, 6) is 1.10. The van der Waals surface area contributed by atoms with E-state index in [-0.39, 0.29) is 0 Å². The highest BCUT2D eigenvalue weighted by Crippen LogP contribution is 2.24. The van der Waals surface area contributed by atoms with Crippen LogP contribution in [0.15, 0.2) is 35.3 Å². The minimum atomic E-state index is 0.420. The minimum absolute atomic E-state index is 0.420. The molecule has 82 valence electrons. The summed E-state index contributed by atoms with van der Waals surface area (Å²) in [5.41, 5.74) is 6.71. The van der Waals surface area contributed by atoms with E-state index in [1.807, 2.05) is 12.1 Å². The normalized spacial score (nSPS) is 10.1. The van der Waals surface area contributed by atoms with Gasteiger partial charge in [0.05, 0.1) is 0 Å². The van der Waals surface area contributed by atoms with Crippen LogP contribution in [0.5, 0.6) is 0 Å². The van der Waals surface area contributed by atoms with Gasteiger partial charge in [0, 0.05) is 18.9 Å². The molecule has 0 atom stereocenters.